The second-order valence-electron chi connectivity index (χ2n) is 4.17. The second-order valence-corrected chi connectivity index (χ2v) is 4.17. The Kier molecular flexibility index (Phi) is 2.55. The van der Waals surface area contributed by atoms with Crippen LogP contribution < -0.4 is 15.2 Å². The minimum atomic E-state index is -2.59. The number of nitrogen functional groups attached to an aromatic ring is 1. The van der Waals surface area contributed by atoms with Gasteiger partial charge >= 0.3 is 0 Å². The third kappa shape index (κ3) is 1.78. The van der Waals surface area contributed by atoms with Crippen molar-refractivity contribution in [2.24, 2.45) is 7.05 Å². The molecule has 0 atom stereocenters. The average molecular weight is 267 g/mol. The van der Waals surface area contributed by atoms with Crippen LogP contribution in [0.2, 0.25) is 0 Å². The number of aromatic nitrogens is 2. The Hall–Kier alpha value is -2.31. The van der Waals surface area contributed by atoms with Crippen LogP contribution in [-0.2, 0) is 7.05 Å². The Morgan fingerprint density at radius 2 is 2.11 bits per heavy atom. The third-order valence-corrected chi connectivity index (χ3v) is 3.02. The number of benzene rings is 1. The van der Waals surface area contributed by atoms with E-state index in [0.717, 1.165) is 0 Å². The summed E-state index contributed by atoms with van der Waals surface area (Å²) in [6, 6.07) is 2.63. The highest BCUT2D eigenvalue weighted by molar-refractivity contribution is 5.81. The van der Waals surface area contributed by atoms with Crippen LogP contribution in [0.25, 0.3) is 11.1 Å². The number of hydrogen-bond donors (Lipinski definition) is 1. The molecule has 2 aromatic rings. The lowest BCUT2D eigenvalue weighted by atomic mass is 10.0. The summed E-state index contributed by atoms with van der Waals surface area (Å²) < 4.78 is 37.7. The second kappa shape index (κ2) is 4.11. The third-order valence-electron chi connectivity index (χ3n) is 3.02. The van der Waals surface area contributed by atoms with Gasteiger partial charge < -0.3 is 15.2 Å². The van der Waals surface area contributed by atoms with Crippen LogP contribution in [0.5, 0.6) is 11.5 Å². The molecule has 1 aliphatic rings. The fourth-order valence-electron chi connectivity index (χ4n) is 2.01. The molecular formula is C12H11F2N3O2. The first kappa shape index (κ1) is 11.8. The van der Waals surface area contributed by atoms with E-state index in [-0.39, 0.29) is 12.4 Å². The lowest BCUT2D eigenvalue weighted by molar-refractivity contribution is 0.150. The smallest absolute Gasteiger partial charge is 0.264 e. The van der Waals surface area contributed by atoms with Crippen LogP contribution in [0, 0.1) is 0 Å². The number of hydrogen-bond acceptors (Lipinski definition) is 4. The lowest BCUT2D eigenvalue weighted by Gasteiger charge is -2.08. The van der Waals surface area contributed by atoms with Gasteiger partial charge in [-0.25, -0.2) is 8.78 Å². The van der Waals surface area contributed by atoms with Gasteiger partial charge in [-0.05, 0) is 12.1 Å². The fraction of sp³-hybridized carbons (Fsp3) is 0.250. The zero-order chi connectivity index (χ0) is 13.6. The molecule has 1 aliphatic heterocycles. The molecule has 0 radical (unpaired) electrons. The summed E-state index contributed by atoms with van der Waals surface area (Å²) in [7, 11) is 1.67. The summed E-state index contributed by atoms with van der Waals surface area (Å²) >= 11 is 0. The predicted octanol–water partition coefficient (Wildman–Crippen LogP) is 2.34. The molecule has 0 saturated carbocycles. The molecule has 0 amide bonds. The Morgan fingerprint density at radius 3 is 2.74 bits per heavy atom. The van der Waals surface area contributed by atoms with Gasteiger partial charge in [-0.1, -0.05) is 0 Å². The Bertz CT molecular complexity index is 640. The van der Waals surface area contributed by atoms with E-state index in [9.17, 15) is 8.78 Å². The topological polar surface area (TPSA) is 62.3 Å². The molecule has 2 heterocycles. The van der Waals surface area contributed by atoms with Gasteiger partial charge in [0.1, 0.15) is 5.82 Å². The Morgan fingerprint density at radius 1 is 1.32 bits per heavy atom. The maximum absolute atomic E-state index is 12.9. The maximum Gasteiger partial charge on any atom is 0.264 e. The molecule has 19 heavy (non-hydrogen) atoms. The van der Waals surface area contributed by atoms with Gasteiger partial charge in [-0.3, -0.25) is 4.68 Å². The van der Waals surface area contributed by atoms with E-state index < -0.39 is 6.43 Å². The SMILES string of the molecule is Cn1ncc(-c2cc(C(F)F)cc3c2OCO3)c1N. The number of nitrogens with two attached hydrogens (primary N) is 1. The van der Waals surface area contributed by atoms with Crippen molar-refractivity contribution in [3.63, 3.8) is 0 Å². The van der Waals surface area contributed by atoms with Crippen LogP contribution in [0.1, 0.15) is 12.0 Å². The van der Waals surface area contributed by atoms with Gasteiger partial charge in [0.2, 0.25) is 6.79 Å². The van der Waals surface area contributed by atoms with E-state index in [1.807, 2.05) is 0 Å². The summed E-state index contributed by atoms with van der Waals surface area (Å²) in [5, 5.41) is 4.00. The highest BCUT2D eigenvalue weighted by atomic mass is 19.3. The van der Waals surface area contributed by atoms with E-state index in [4.69, 9.17) is 15.2 Å². The highest BCUT2D eigenvalue weighted by Gasteiger charge is 2.24. The summed E-state index contributed by atoms with van der Waals surface area (Å²) in [5.41, 5.74) is 6.75. The molecule has 3 rings (SSSR count). The standard InChI is InChI=1S/C12H11F2N3O2/c1-17-12(15)8(4-16-17)7-2-6(11(13)14)3-9-10(7)19-5-18-9/h2-4,11H,5,15H2,1H3. The largest absolute Gasteiger partial charge is 0.454 e. The molecule has 0 aliphatic carbocycles. The number of anilines is 1. The maximum atomic E-state index is 12.9. The van der Waals surface area contributed by atoms with Crippen LogP contribution in [0.15, 0.2) is 18.3 Å². The minimum absolute atomic E-state index is 0.00912. The molecule has 1 aromatic heterocycles. The molecule has 1 aromatic carbocycles. The van der Waals surface area contributed by atoms with Crippen molar-refractivity contribution in [2.45, 2.75) is 6.43 Å². The van der Waals surface area contributed by atoms with Crippen molar-refractivity contribution in [3.8, 4) is 22.6 Å². The van der Waals surface area contributed by atoms with E-state index in [1.165, 1.54) is 23.0 Å². The molecule has 0 bridgehead atoms. The van der Waals surface area contributed by atoms with Crippen molar-refractivity contribution < 1.29 is 18.3 Å². The van der Waals surface area contributed by atoms with E-state index in [2.05, 4.69) is 5.10 Å². The molecule has 0 fully saturated rings. The van der Waals surface area contributed by atoms with Gasteiger partial charge in [-0.2, -0.15) is 5.10 Å². The fourth-order valence-corrected chi connectivity index (χ4v) is 2.01. The number of nitrogens with zero attached hydrogens (tertiary/aromatic N) is 2. The summed E-state index contributed by atoms with van der Waals surface area (Å²) in [4.78, 5) is 0. The summed E-state index contributed by atoms with van der Waals surface area (Å²) in [5.74, 6) is 1.10. The summed E-state index contributed by atoms with van der Waals surface area (Å²) in [6.45, 7) is 0.00912. The van der Waals surface area contributed by atoms with Gasteiger partial charge in [0.15, 0.2) is 11.5 Å². The first-order valence-electron chi connectivity index (χ1n) is 5.57. The van der Waals surface area contributed by atoms with Crippen molar-refractivity contribution in [1.29, 1.82) is 0 Å². The van der Waals surface area contributed by atoms with Crippen molar-refractivity contribution in [1.82, 2.24) is 9.78 Å². The molecule has 100 valence electrons. The molecule has 5 nitrogen and oxygen atoms in total. The molecule has 0 saturated heterocycles. The van der Waals surface area contributed by atoms with Gasteiger partial charge in [0, 0.05) is 23.7 Å². The molecule has 0 spiro atoms. The summed E-state index contributed by atoms with van der Waals surface area (Å²) in [6.07, 6.45) is -1.08. The number of halogens is 2. The number of ether oxygens (including phenoxy) is 2. The van der Waals surface area contributed by atoms with Crippen LogP contribution in [0.3, 0.4) is 0 Å². The lowest BCUT2D eigenvalue weighted by Crippen LogP contribution is -1.99. The van der Waals surface area contributed by atoms with Crippen LogP contribution in [-0.4, -0.2) is 16.6 Å². The van der Waals surface area contributed by atoms with Gasteiger partial charge in [0.05, 0.1) is 6.20 Å². The van der Waals surface area contributed by atoms with E-state index >= 15 is 0 Å². The van der Waals surface area contributed by atoms with Gasteiger partial charge in [0.25, 0.3) is 6.43 Å². The van der Waals surface area contributed by atoms with Crippen molar-refractivity contribution in [3.05, 3.63) is 23.9 Å². The number of fused-ring (bicyclic) bond motifs is 1. The first-order chi connectivity index (χ1) is 9.08. The molecule has 7 heteroatoms. The zero-order valence-electron chi connectivity index (χ0n) is 10.1. The van der Waals surface area contributed by atoms with E-state index in [1.54, 1.807) is 7.05 Å². The normalized spacial score (nSPS) is 13.3. The van der Waals surface area contributed by atoms with Crippen LogP contribution >= 0.6 is 0 Å². The number of aryl methyl sites for hydroxylation is 1. The minimum Gasteiger partial charge on any atom is -0.454 e. The van der Waals surface area contributed by atoms with Gasteiger partial charge in [-0.15, -0.1) is 0 Å². The number of rotatable bonds is 2. The van der Waals surface area contributed by atoms with E-state index in [0.29, 0.717) is 28.4 Å². The first-order valence-corrected chi connectivity index (χ1v) is 5.57. The average Bonchev–Trinajstić information content (AvgIpc) is 2.97. The quantitative estimate of drug-likeness (QED) is 0.907. The highest BCUT2D eigenvalue weighted by Crippen LogP contribution is 2.45. The number of alkyl halides is 2. The van der Waals surface area contributed by atoms with Crippen LogP contribution in [0.4, 0.5) is 14.6 Å². The molecule has 0 unspecified atom stereocenters. The Labute approximate surface area is 107 Å². The van der Waals surface area contributed by atoms with Crippen molar-refractivity contribution >= 4 is 5.82 Å². The van der Waals surface area contributed by atoms with Crippen molar-refractivity contribution in [2.75, 3.05) is 12.5 Å². The molecule has 2 N–H and O–H groups in total. The zero-order valence-corrected chi connectivity index (χ0v) is 10.1. The Balaban J connectivity index is 2.22. The predicted molar refractivity (Wildman–Crippen MR) is 64.1 cm³/mol. The molecular weight excluding hydrogens is 256 g/mol. The monoisotopic (exact) mass is 267 g/mol.